The number of nitrogens with one attached hydrogen (secondary N) is 1. The van der Waals surface area contributed by atoms with Crippen LogP contribution in [0.25, 0.3) is 0 Å². The number of benzene rings is 1. The topological polar surface area (TPSA) is 35.5 Å². The van der Waals surface area contributed by atoms with Crippen molar-refractivity contribution in [1.29, 1.82) is 0 Å². The number of aliphatic hydroxyl groups excluding tert-OH is 1. The molecule has 0 fully saturated rings. The second-order valence-electron chi connectivity index (χ2n) is 4.91. The van der Waals surface area contributed by atoms with Crippen molar-refractivity contribution in [3.8, 4) is 0 Å². The molecule has 0 aliphatic rings. The highest BCUT2D eigenvalue weighted by Gasteiger charge is 2.08. The summed E-state index contributed by atoms with van der Waals surface area (Å²) in [5, 5.41) is 13.0. The summed E-state index contributed by atoms with van der Waals surface area (Å²) in [5.41, 5.74) is 2.31. The Kier molecular flexibility index (Phi) is 5.99. The zero-order chi connectivity index (χ0) is 13.5. The summed E-state index contributed by atoms with van der Waals surface area (Å²) in [4.78, 5) is 2.31. The molecule has 3 heteroatoms. The van der Waals surface area contributed by atoms with E-state index in [1.807, 2.05) is 13.8 Å². The van der Waals surface area contributed by atoms with Crippen LogP contribution in [0.5, 0.6) is 0 Å². The molecule has 1 aromatic carbocycles. The minimum absolute atomic E-state index is 0.285. The van der Waals surface area contributed by atoms with Crippen molar-refractivity contribution in [3.63, 3.8) is 0 Å². The fourth-order valence-corrected chi connectivity index (χ4v) is 1.84. The van der Waals surface area contributed by atoms with Crippen molar-refractivity contribution in [2.75, 3.05) is 29.9 Å². The van der Waals surface area contributed by atoms with Gasteiger partial charge in [0, 0.05) is 31.0 Å². The molecule has 3 nitrogen and oxygen atoms in total. The molecular weight excluding hydrogens is 224 g/mol. The standard InChI is InChI=1S/C15H26N2O/c1-5-17(6-2)14-9-7-13(8-10-14)16-11-15(18)12(3)4/h7-10,12,15-16,18H,5-6,11H2,1-4H3. The first-order chi connectivity index (χ1) is 8.58. The second-order valence-corrected chi connectivity index (χ2v) is 4.91. The summed E-state index contributed by atoms with van der Waals surface area (Å²) >= 11 is 0. The molecule has 0 saturated carbocycles. The van der Waals surface area contributed by atoms with Crippen molar-refractivity contribution in [2.24, 2.45) is 5.92 Å². The molecule has 1 atom stereocenters. The van der Waals surface area contributed by atoms with Gasteiger partial charge in [-0.25, -0.2) is 0 Å². The highest BCUT2D eigenvalue weighted by molar-refractivity contribution is 5.55. The smallest absolute Gasteiger partial charge is 0.0735 e. The Morgan fingerprint density at radius 1 is 1.11 bits per heavy atom. The van der Waals surface area contributed by atoms with Gasteiger partial charge in [-0.15, -0.1) is 0 Å². The minimum Gasteiger partial charge on any atom is -0.391 e. The molecule has 0 amide bonds. The number of aliphatic hydroxyl groups is 1. The normalized spacial score (nSPS) is 12.6. The summed E-state index contributed by atoms with van der Waals surface area (Å²) in [6, 6.07) is 8.38. The van der Waals surface area contributed by atoms with E-state index in [2.05, 4.69) is 48.3 Å². The van der Waals surface area contributed by atoms with Crippen molar-refractivity contribution in [1.82, 2.24) is 0 Å². The van der Waals surface area contributed by atoms with E-state index in [0.717, 1.165) is 18.8 Å². The summed E-state index contributed by atoms with van der Waals surface area (Å²) in [6.07, 6.45) is -0.299. The average Bonchev–Trinajstić information content (AvgIpc) is 2.38. The molecular formula is C15H26N2O. The molecule has 18 heavy (non-hydrogen) atoms. The van der Waals surface area contributed by atoms with Gasteiger partial charge in [-0.1, -0.05) is 13.8 Å². The van der Waals surface area contributed by atoms with E-state index in [0.29, 0.717) is 6.54 Å². The number of anilines is 2. The van der Waals surface area contributed by atoms with E-state index in [1.54, 1.807) is 0 Å². The molecule has 0 aliphatic heterocycles. The molecule has 0 bridgehead atoms. The maximum absolute atomic E-state index is 9.74. The molecule has 0 aliphatic carbocycles. The zero-order valence-electron chi connectivity index (χ0n) is 12.0. The number of nitrogens with zero attached hydrogens (tertiary/aromatic N) is 1. The number of hydrogen-bond donors (Lipinski definition) is 2. The molecule has 102 valence electrons. The van der Waals surface area contributed by atoms with E-state index >= 15 is 0 Å². The van der Waals surface area contributed by atoms with Crippen molar-refractivity contribution >= 4 is 11.4 Å². The zero-order valence-corrected chi connectivity index (χ0v) is 12.0. The predicted molar refractivity (Wildman–Crippen MR) is 79.3 cm³/mol. The first kappa shape index (κ1) is 14.8. The SMILES string of the molecule is CCN(CC)c1ccc(NCC(O)C(C)C)cc1. The van der Waals surface area contributed by atoms with Crippen LogP contribution >= 0.6 is 0 Å². The van der Waals surface area contributed by atoms with Crippen LogP contribution in [-0.4, -0.2) is 30.8 Å². The van der Waals surface area contributed by atoms with Crippen molar-refractivity contribution < 1.29 is 5.11 Å². The third-order valence-corrected chi connectivity index (χ3v) is 3.28. The quantitative estimate of drug-likeness (QED) is 0.781. The summed E-state index contributed by atoms with van der Waals surface area (Å²) < 4.78 is 0. The second kappa shape index (κ2) is 7.27. The Morgan fingerprint density at radius 2 is 1.67 bits per heavy atom. The maximum Gasteiger partial charge on any atom is 0.0735 e. The van der Waals surface area contributed by atoms with Crippen molar-refractivity contribution in [2.45, 2.75) is 33.8 Å². The van der Waals surface area contributed by atoms with Gasteiger partial charge in [0.25, 0.3) is 0 Å². The Morgan fingerprint density at radius 3 is 2.11 bits per heavy atom. The lowest BCUT2D eigenvalue weighted by Gasteiger charge is -2.21. The molecule has 0 spiro atoms. The van der Waals surface area contributed by atoms with Crippen LogP contribution in [0.1, 0.15) is 27.7 Å². The van der Waals surface area contributed by atoms with Gasteiger partial charge in [-0.2, -0.15) is 0 Å². The van der Waals surface area contributed by atoms with Crippen LogP contribution in [0, 0.1) is 5.92 Å². The summed E-state index contributed by atoms with van der Waals surface area (Å²) in [5.74, 6) is 0.285. The van der Waals surface area contributed by atoms with E-state index in [9.17, 15) is 5.11 Å². The lowest BCUT2D eigenvalue weighted by molar-refractivity contribution is 0.138. The molecule has 0 heterocycles. The molecule has 1 unspecified atom stereocenters. The third kappa shape index (κ3) is 4.22. The number of rotatable bonds is 7. The summed E-state index contributed by atoms with van der Waals surface area (Å²) in [7, 11) is 0. The highest BCUT2D eigenvalue weighted by atomic mass is 16.3. The van der Waals surface area contributed by atoms with Crippen LogP contribution in [0.2, 0.25) is 0 Å². The largest absolute Gasteiger partial charge is 0.391 e. The van der Waals surface area contributed by atoms with E-state index in [-0.39, 0.29) is 12.0 Å². The lowest BCUT2D eigenvalue weighted by atomic mass is 10.1. The fourth-order valence-electron chi connectivity index (χ4n) is 1.84. The van der Waals surface area contributed by atoms with Crippen LogP contribution in [0.4, 0.5) is 11.4 Å². The van der Waals surface area contributed by atoms with Gasteiger partial charge in [0.05, 0.1) is 6.10 Å². The molecule has 0 saturated heterocycles. The van der Waals surface area contributed by atoms with Crippen molar-refractivity contribution in [3.05, 3.63) is 24.3 Å². The monoisotopic (exact) mass is 250 g/mol. The maximum atomic E-state index is 9.74. The Bertz CT molecular complexity index is 331. The third-order valence-electron chi connectivity index (χ3n) is 3.28. The van der Waals surface area contributed by atoms with E-state index in [1.165, 1.54) is 5.69 Å². The Hall–Kier alpha value is -1.22. The van der Waals surface area contributed by atoms with Gasteiger partial charge in [0.1, 0.15) is 0 Å². The predicted octanol–water partition coefficient (Wildman–Crippen LogP) is 2.96. The van der Waals surface area contributed by atoms with Crippen LogP contribution in [0.15, 0.2) is 24.3 Å². The van der Waals surface area contributed by atoms with E-state index < -0.39 is 0 Å². The van der Waals surface area contributed by atoms with Gasteiger partial charge in [0.2, 0.25) is 0 Å². The van der Waals surface area contributed by atoms with Crippen LogP contribution in [-0.2, 0) is 0 Å². The first-order valence-electron chi connectivity index (χ1n) is 6.85. The highest BCUT2D eigenvalue weighted by Crippen LogP contribution is 2.17. The molecule has 0 aromatic heterocycles. The van der Waals surface area contributed by atoms with Crippen LogP contribution in [0.3, 0.4) is 0 Å². The number of hydrogen-bond acceptors (Lipinski definition) is 3. The minimum atomic E-state index is -0.299. The molecule has 1 rings (SSSR count). The Labute approximate surface area is 111 Å². The van der Waals surface area contributed by atoms with Gasteiger partial charge in [-0.3, -0.25) is 0 Å². The first-order valence-corrected chi connectivity index (χ1v) is 6.85. The van der Waals surface area contributed by atoms with Crippen LogP contribution < -0.4 is 10.2 Å². The van der Waals surface area contributed by atoms with Gasteiger partial charge in [0.15, 0.2) is 0 Å². The lowest BCUT2D eigenvalue weighted by Crippen LogP contribution is -2.25. The molecule has 1 aromatic rings. The molecule has 0 radical (unpaired) electrons. The Balaban J connectivity index is 2.55. The molecule has 2 N–H and O–H groups in total. The fraction of sp³-hybridized carbons (Fsp3) is 0.600. The average molecular weight is 250 g/mol. The van der Waals surface area contributed by atoms with Gasteiger partial charge < -0.3 is 15.3 Å². The van der Waals surface area contributed by atoms with Gasteiger partial charge in [-0.05, 0) is 44.0 Å². The van der Waals surface area contributed by atoms with Gasteiger partial charge >= 0.3 is 0 Å². The van der Waals surface area contributed by atoms with E-state index in [4.69, 9.17) is 0 Å². The summed E-state index contributed by atoms with van der Waals surface area (Å²) in [6.45, 7) is 11.0.